The first kappa shape index (κ1) is 22.3. The molecule has 3 atom stereocenters. The van der Waals surface area contributed by atoms with Crippen molar-refractivity contribution in [2.45, 2.75) is 67.7 Å². The molecule has 4 nitrogen and oxygen atoms in total. The lowest BCUT2D eigenvalue weighted by Gasteiger charge is -2.50. The minimum absolute atomic E-state index is 0.0358. The van der Waals surface area contributed by atoms with E-state index in [0.29, 0.717) is 6.42 Å². The Morgan fingerprint density at radius 2 is 1.62 bits per heavy atom. The molecule has 0 saturated heterocycles. The highest BCUT2D eigenvalue weighted by Gasteiger charge is 2.60. The van der Waals surface area contributed by atoms with Crippen molar-refractivity contribution < 1.29 is 19.1 Å². The summed E-state index contributed by atoms with van der Waals surface area (Å²) in [4.78, 5) is 38.7. The monoisotopic (exact) mass is 362 g/mol. The van der Waals surface area contributed by atoms with E-state index < -0.39 is 22.7 Å². The average Bonchev–Trinajstić information content (AvgIpc) is 2.51. The van der Waals surface area contributed by atoms with Crippen LogP contribution >= 0.6 is 0 Å². The first-order valence-corrected chi connectivity index (χ1v) is 9.30. The van der Waals surface area contributed by atoms with Crippen LogP contribution in [0.4, 0.5) is 0 Å². The molecular formula is C22H34O4. The first-order valence-electron chi connectivity index (χ1n) is 9.30. The summed E-state index contributed by atoms with van der Waals surface area (Å²) < 4.78 is 5.05. The quantitative estimate of drug-likeness (QED) is 0.391. The molecule has 26 heavy (non-hydrogen) atoms. The van der Waals surface area contributed by atoms with Crippen molar-refractivity contribution in [1.29, 1.82) is 0 Å². The van der Waals surface area contributed by atoms with Crippen molar-refractivity contribution in [3.8, 4) is 0 Å². The van der Waals surface area contributed by atoms with Gasteiger partial charge in [0.25, 0.3) is 0 Å². The van der Waals surface area contributed by atoms with Gasteiger partial charge in [0.1, 0.15) is 11.2 Å². The second kappa shape index (κ2) is 8.32. The zero-order chi connectivity index (χ0) is 20.3. The van der Waals surface area contributed by atoms with Gasteiger partial charge in [0.05, 0.1) is 13.0 Å². The van der Waals surface area contributed by atoms with Crippen LogP contribution in [0.25, 0.3) is 0 Å². The number of carbonyl (C=O) groups excluding carboxylic acids is 3. The number of hydrogen-bond donors (Lipinski definition) is 0. The molecule has 146 valence electrons. The summed E-state index contributed by atoms with van der Waals surface area (Å²) in [5.74, 6) is -1.74. The van der Waals surface area contributed by atoms with Gasteiger partial charge in [-0.3, -0.25) is 14.4 Å². The van der Waals surface area contributed by atoms with Gasteiger partial charge in [0, 0.05) is 0 Å². The predicted octanol–water partition coefficient (Wildman–Crippen LogP) is 4.68. The first-order chi connectivity index (χ1) is 11.9. The fourth-order valence-corrected chi connectivity index (χ4v) is 4.13. The molecule has 1 fully saturated rings. The molecule has 0 spiro atoms. The number of carbonyl (C=O) groups is 3. The number of allylic oxidation sites excluding steroid dienone is 4. The molecule has 0 amide bonds. The average molecular weight is 363 g/mol. The molecule has 0 aliphatic heterocycles. The van der Waals surface area contributed by atoms with Crippen LogP contribution in [0.15, 0.2) is 23.3 Å². The van der Waals surface area contributed by atoms with Crippen LogP contribution in [0.2, 0.25) is 0 Å². The molecule has 4 heteroatoms. The molecule has 0 bridgehead atoms. The zero-order valence-electron chi connectivity index (χ0n) is 17.6. The molecule has 1 aliphatic carbocycles. The van der Waals surface area contributed by atoms with Gasteiger partial charge in [-0.15, -0.1) is 0 Å². The minimum Gasteiger partial charge on any atom is -0.468 e. The molecule has 0 radical (unpaired) electrons. The molecule has 0 aromatic heterocycles. The van der Waals surface area contributed by atoms with E-state index in [1.165, 1.54) is 19.6 Å². The Morgan fingerprint density at radius 3 is 2.04 bits per heavy atom. The SMILES string of the molecule is COC(=O)[C@@]1(CC=C(C)C)C[C@@H](CC=C(C)C)C(C)(C)C(C(C)=O)C1=O. The Labute approximate surface area is 158 Å². The lowest BCUT2D eigenvalue weighted by molar-refractivity contribution is -0.170. The topological polar surface area (TPSA) is 60.4 Å². The molecule has 1 aliphatic rings. The number of esters is 1. The van der Waals surface area contributed by atoms with Gasteiger partial charge in [-0.25, -0.2) is 0 Å². The molecule has 1 rings (SSSR count). The van der Waals surface area contributed by atoms with Crippen LogP contribution in [0.1, 0.15) is 67.7 Å². The lowest BCUT2D eigenvalue weighted by atomic mass is 9.51. The largest absolute Gasteiger partial charge is 0.468 e. The van der Waals surface area contributed by atoms with Gasteiger partial charge >= 0.3 is 5.97 Å². The Hall–Kier alpha value is -1.71. The molecule has 0 heterocycles. The highest BCUT2D eigenvalue weighted by molar-refractivity contribution is 6.14. The Balaban J connectivity index is 3.55. The zero-order valence-corrected chi connectivity index (χ0v) is 17.6. The summed E-state index contributed by atoms with van der Waals surface area (Å²) in [6.07, 6.45) is 5.46. The van der Waals surface area contributed by atoms with E-state index in [4.69, 9.17) is 4.74 Å². The Morgan fingerprint density at radius 1 is 1.08 bits per heavy atom. The maximum absolute atomic E-state index is 13.4. The second-order valence-corrected chi connectivity index (χ2v) is 8.71. The van der Waals surface area contributed by atoms with Crippen molar-refractivity contribution in [3.63, 3.8) is 0 Å². The van der Waals surface area contributed by atoms with Gasteiger partial charge in [-0.1, -0.05) is 37.1 Å². The van der Waals surface area contributed by atoms with Crippen LogP contribution in [0.3, 0.4) is 0 Å². The van der Waals surface area contributed by atoms with Gasteiger partial charge in [-0.2, -0.15) is 0 Å². The maximum Gasteiger partial charge on any atom is 0.319 e. The third-order valence-corrected chi connectivity index (χ3v) is 5.78. The van der Waals surface area contributed by atoms with Crippen LogP contribution in [0, 0.1) is 22.7 Å². The van der Waals surface area contributed by atoms with Crippen molar-refractivity contribution in [3.05, 3.63) is 23.3 Å². The highest BCUT2D eigenvalue weighted by atomic mass is 16.5. The normalized spacial score (nSPS) is 27.5. The van der Waals surface area contributed by atoms with Crippen molar-refractivity contribution >= 4 is 17.5 Å². The summed E-state index contributed by atoms with van der Waals surface area (Å²) >= 11 is 0. The van der Waals surface area contributed by atoms with Gasteiger partial charge in [0.15, 0.2) is 5.78 Å². The fourth-order valence-electron chi connectivity index (χ4n) is 4.13. The van der Waals surface area contributed by atoms with Gasteiger partial charge in [0.2, 0.25) is 0 Å². The van der Waals surface area contributed by atoms with Crippen molar-refractivity contribution in [1.82, 2.24) is 0 Å². The molecule has 0 N–H and O–H groups in total. The highest BCUT2D eigenvalue weighted by Crippen LogP contribution is 2.54. The van der Waals surface area contributed by atoms with E-state index in [0.717, 1.165) is 12.0 Å². The fraction of sp³-hybridized carbons (Fsp3) is 0.682. The molecule has 0 aromatic carbocycles. The van der Waals surface area contributed by atoms with Crippen molar-refractivity contribution in [2.24, 2.45) is 22.7 Å². The van der Waals surface area contributed by atoms with E-state index in [2.05, 4.69) is 6.08 Å². The molecule has 1 saturated carbocycles. The summed E-state index contributed by atoms with van der Waals surface area (Å²) in [6, 6.07) is 0. The summed E-state index contributed by atoms with van der Waals surface area (Å²) in [5, 5.41) is 0. The lowest BCUT2D eigenvalue weighted by Crippen LogP contribution is -2.57. The third kappa shape index (κ3) is 4.33. The van der Waals surface area contributed by atoms with Gasteiger partial charge in [-0.05, 0) is 65.2 Å². The smallest absolute Gasteiger partial charge is 0.319 e. The number of hydrogen-bond acceptors (Lipinski definition) is 4. The Bertz CT molecular complexity index is 631. The summed E-state index contributed by atoms with van der Waals surface area (Å²) in [7, 11) is 1.31. The minimum atomic E-state index is -1.28. The Kier molecular flexibility index (Phi) is 7.15. The number of rotatable bonds is 6. The summed E-state index contributed by atoms with van der Waals surface area (Å²) in [5.41, 5.74) is 0.436. The van der Waals surface area contributed by atoms with Crippen LogP contribution in [0.5, 0.6) is 0 Å². The third-order valence-electron chi connectivity index (χ3n) is 5.78. The molecular weight excluding hydrogens is 328 g/mol. The molecule has 0 aromatic rings. The predicted molar refractivity (Wildman–Crippen MR) is 104 cm³/mol. The van der Waals surface area contributed by atoms with Crippen molar-refractivity contribution in [2.75, 3.05) is 7.11 Å². The van der Waals surface area contributed by atoms with Crippen LogP contribution < -0.4 is 0 Å². The van der Waals surface area contributed by atoms with E-state index in [1.807, 2.05) is 47.6 Å². The molecule has 1 unspecified atom stereocenters. The van der Waals surface area contributed by atoms with E-state index in [9.17, 15) is 14.4 Å². The standard InChI is InChI=1S/C22H34O4/c1-14(2)9-10-17-13-22(20(25)26-8,12-11-15(3)4)19(24)18(16(5)23)21(17,6)7/h9,11,17-18H,10,12-13H2,1-8H3/t17-,18?,22+/m1/s1. The number of Topliss-reactive ketones (excluding diaryl/α,β-unsaturated/α-hetero) is 2. The summed E-state index contributed by atoms with van der Waals surface area (Å²) in [6.45, 7) is 13.3. The van der Waals surface area contributed by atoms with Crippen LogP contribution in [-0.4, -0.2) is 24.6 Å². The van der Waals surface area contributed by atoms with E-state index in [-0.39, 0.29) is 23.9 Å². The van der Waals surface area contributed by atoms with Crippen LogP contribution in [-0.2, 0) is 19.1 Å². The van der Waals surface area contributed by atoms with E-state index >= 15 is 0 Å². The number of ketones is 2. The van der Waals surface area contributed by atoms with Gasteiger partial charge < -0.3 is 4.74 Å². The number of methoxy groups -OCH3 is 1. The maximum atomic E-state index is 13.4. The van der Waals surface area contributed by atoms with E-state index in [1.54, 1.807) is 0 Å². The number of ether oxygens (including phenoxy) is 1. The second-order valence-electron chi connectivity index (χ2n) is 8.71.